The van der Waals surface area contributed by atoms with Crippen molar-refractivity contribution in [2.45, 2.75) is 57.9 Å². The maximum atomic E-state index is 5.38. The Bertz CT molecular complexity index is 468. The minimum Gasteiger partial charge on any atom is -0.299 e. The highest BCUT2D eigenvalue weighted by Crippen LogP contribution is 2.60. The molecule has 1 heterocycles. The topological polar surface area (TPSA) is 33.6 Å². The minimum atomic E-state index is 0.0329. The summed E-state index contributed by atoms with van der Waals surface area (Å²) in [5.74, 6) is 3.65. The molecule has 2 saturated carbocycles. The molecule has 3 nitrogen and oxygen atoms in total. The highest BCUT2D eigenvalue weighted by molar-refractivity contribution is 7.71. The predicted molar refractivity (Wildman–Crippen MR) is 70.6 cm³/mol. The van der Waals surface area contributed by atoms with Crippen molar-refractivity contribution in [2.24, 2.45) is 11.8 Å². The third-order valence-electron chi connectivity index (χ3n) is 4.32. The van der Waals surface area contributed by atoms with Gasteiger partial charge in [-0.3, -0.25) is 9.67 Å². The fourth-order valence-electron chi connectivity index (χ4n) is 3.56. The quantitative estimate of drug-likeness (QED) is 0.774. The summed E-state index contributed by atoms with van der Waals surface area (Å²) in [5.41, 5.74) is 0.0329. The summed E-state index contributed by atoms with van der Waals surface area (Å²) < 4.78 is 3.00. The summed E-state index contributed by atoms with van der Waals surface area (Å²) in [5, 5.41) is 7.50. The van der Waals surface area contributed by atoms with E-state index in [1.807, 2.05) is 0 Å². The van der Waals surface area contributed by atoms with Gasteiger partial charge in [-0.05, 0) is 57.7 Å². The van der Waals surface area contributed by atoms with Gasteiger partial charge in [0.25, 0.3) is 0 Å². The third-order valence-corrected chi connectivity index (χ3v) is 4.60. The van der Waals surface area contributed by atoms with Crippen molar-refractivity contribution in [1.82, 2.24) is 14.8 Å². The zero-order valence-electron chi connectivity index (χ0n) is 10.9. The van der Waals surface area contributed by atoms with Crippen LogP contribution in [-0.4, -0.2) is 14.8 Å². The Kier molecular flexibility index (Phi) is 2.47. The summed E-state index contributed by atoms with van der Waals surface area (Å²) in [6.45, 7) is 6.61. The van der Waals surface area contributed by atoms with Gasteiger partial charge in [-0.2, -0.15) is 5.10 Å². The van der Waals surface area contributed by atoms with Gasteiger partial charge in [-0.25, -0.2) is 0 Å². The van der Waals surface area contributed by atoms with Crippen LogP contribution in [0.5, 0.6) is 0 Å². The predicted octanol–water partition coefficient (Wildman–Crippen LogP) is 3.60. The van der Waals surface area contributed by atoms with Crippen molar-refractivity contribution in [3.05, 3.63) is 10.6 Å². The van der Waals surface area contributed by atoms with Crippen LogP contribution in [0.4, 0.5) is 0 Å². The number of H-pyrrole nitrogens is 1. The summed E-state index contributed by atoms with van der Waals surface area (Å²) in [7, 11) is 0. The molecule has 0 spiro atoms. The lowest BCUT2D eigenvalue weighted by Gasteiger charge is -2.22. The van der Waals surface area contributed by atoms with E-state index in [0.29, 0.717) is 5.92 Å². The van der Waals surface area contributed by atoms with Gasteiger partial charge < -0.3 is 0 Å². The van der Waals surface area contributed by atoms with E-state index in [1.165, 1.54) is 31.5 Å². The smallest absolute Gasteiger partial charge is 0.195 e. The largest absolute Gasteiger partial charge is 0.299 e. The number of hydrogen-bond acceptors (Lipinski definition) is 2. The number of nitrogens with zero attached hydrogens (tertiary/aromatic N) is 2. The Morgan fingerprint density at radius 2 is 1.82 bits per heavy atom. The SMILES string of the molecule is CC(C)(C)n1c(C2C3CCCCC32)n[nH]c1=S. The zero-order valence-corrected chi connectivity index (χ0v) is 11.7. The molecule has 1 N–H and O–H groups in total. The molecule has 0 amide bonds. The number of aromatic amines is 1. The molecule has 0 radical (unpaired) electrons. The van der Waals surface area contributed by atoms with Crippen molar-refractivity contribution in [1.29, 1.82) is 0 Å². The molecule has 0 aliphatic heterocycles. The average molecular weight is 251 g/mol. The standard InChI is InChI=1S/C13H21N3S/c1-13(2,3)16-11(14-15-12(16)17)10-8-6-4-5-7-9(8)10/h8-10H,4-7H2,1-3H3,(H,15,17). The summed E-state index contributed by atoms with van der Waals surface area (Å²) in [6.07, 6.45) is 5.58. The van der Waals surface area contributed by atoms with Crippen molar-refractivity contribution >= 4 is 12.2 Å². The van der Waals surface area contributed by atoms with E-state index < -0.39 is 0 Å². The van der Waals surface area contributed by atoms with Gasteiger partial charge in [0.2, 0.25) is 0 Å². The number of hydrogen-bond donors (Lipinski definition) is 1. The second kappa shape index (κ2) is 3.67. The highest BCUT2D eigenvalue weighted by atomic mass is 32.1. The molecule has 2 aliphatic rings. The fraction of sp³-hybridized carbons (Fsp3) is 0.846. The molecule has 2 atom stereocenters. The molecule has 94 valence electrons. The molecule has 3 rings (SSSR count). The Balaban J connectivity index is 1.97. The van der Waals surface area contributed by atoms with Crippen LogP contribution in [0.3, 0.4) is 0 Å². The maximum absolute atomic E-state index is 5.38. The molecule has 1 aromatic rings. The first kappa shape index (κ1) is 11.5. The van der Waals surface area contributed by atoms with E-state index in [-0.39, 0.29) is 5.54 Å². The van der Waals surface area contributed by atoms with Gasteiger partial charge >= 0.3 is 0 Å². The van der Waals surface area contributed by atoms with Crippen LogP contribution in [0, 0.1) is 16.6 Å². The Morgan fingerprint density at radius 1 is 1.24 bits per heavy atom. The van der Waals surface area contributed by atoms with E-state index in [2.05, 4.69) is 35.5 Å². The number of rotatable bonds is 1. The first-order valence-corrected chi connectivity index (χ1v) is 7.09. The van der Waals surface area contributed by atoms with Gasteiger partial charge in [0.1, 0.15) is 5.82 Å². The van der Waals surface area contributed by atoms with E-state index in [9.17, 15) is 0 Å². The van der Waals surface area contributed by atoms with E-state index in [0.717, 1.165) is 16.6 Å². The van der Waals surface area contributed by atoms with E-state index in [4.69, 9.17) is 12.2 Å². The maximum Gasteiger partial charge on any atom is 0.195 e. The lowest BCUT2D eigenvalue weighted by molar-refractivity contribution is 0.375. The molecule has 0 aromatic carbocycles. The molecule has 2 unspecified atom stereocenters. The minimum absolute atomic E-state index is 0.0329. The molecular weight excluding hydrogens is 230 g/mol. The van der Waals surface area contributed by atoms with Gasteiger partial charge in [0.05, 0.1) is 0 Å². The molecule has 0 saturated heterocycles. The van der Waals surface area contributed by atoms with E-state index in [1.54, 1.807) is 0 Å². The van der Waals surface area contributed by atoms with Crippen molar-refractivity contribution < 1.29 is 0 Å². The van der Waals surface area contributed by atoms with Gasteiger partial charge in [-0.1, -0.05) is 12.8 Å². The fourth-order valence-corrected chi connectivity index (χ4v) is 3.97. The van der Waals surface area contributed by atoms with E-state index >= 15 is 0 Å². The Labute approximate surface area is 108 Å². The second-order valence-corrected chi connectivity index (χ2v) is 6.92. The third kappa shape index (κ3) is 1.77. The second-order valence-electron chi connectivity index (χ2n) is 6.53. The summed E-state index contributed by atoms with van der Waals surface area (Å²) in [4.78, 5) is 0. The van der Waals surface area contributed by atoms with Crippen LogP contribution < -0.4 is 0 Å². The van der Waals surface area contributed by atoms with Crippen LogP contribution in [0.15, 0.2) is 0 Å². The van der Waals surface area contributed by atoms with Crippen molar-refractivity contribution in [3.63, 3.8) is 0 Å². The van der Waals surface area contributed by atoms with Gasteiger partial charge in [0.15, 0.2) is 4.77 Å². The lowest BCUT2D eigenvalue weighted by Crippen LogP contribution is -2.24. The van der Waals surface area contributed by atoms with Crippen LogP contribution in [0.1, 0.15) is 58.2 Å². The first-order chi connectivity index (χ1) is 8.00. The molecular formula is C13H21N3S. The van der Waals surface area contributed by atoms with Gasteiger partial charge in [0, 0.05) is 11.5 Å². The average Bonchev–Trinajstić information content (AvgIpc) is 2.84. The van der Waals surface area contributed by atoms with Crippen LogP contribution in [0.2, 0.25) is 0 Å². The molecule has 17 heavy (non-hydrogen) atoms. The lowest BCUT2D eigenvalue weighted by atomic mass is 10.0. The molecule has 0 bridgehead atoms. The van der Waals surface area contributed by atoms with Crippen LogP contribution >= 0.6 is 12.2 Å². The van der Waals surface area contributed by atoms with Crippen LogP contribution in [0.25, 0.3) is 0 Å². The first-order valence-electron chi connectivity index (χ1n) is 6.68. The molecule has 1 aromatic heterocycles. The molecule has 2 fully saturated rings. The number of aromatic nitrogens is 3. The number of nitrogens with one attached hydrogen (secondary N) is 1. The van der Waals surface area contributed by atoms with Crippen molar-refractivity contribution in [3.8, 4) is 0 Å². The Hall–Kier alpha value is -0.640. The summed E-state index contributed by atoms with van der Waals surface area (Å²) in [6, 6.07) is 0. The normalized spacial score (nSPS) is 32.3. The summed E-state index contributed by atoms with van der Waals surface area (Å²) >= 11 is 5.38. The van der Waals surface area contributed by atoms with Crippen LogP contribution in [-0.2, 0) is 5.54 Å². The van der Waals surface area contributed by atoms with Crippen molar-refractivity contribution in [2.75, 3.05) is 0 Å². The van der Waals surface area contributed by atoms with Gasteiger partial charge in [-0.15, -0.1) is 0 Å². The zero-order chi connectivity index (χ0) is 12.2. The Morgan fingerprint density at radius 3 is 2.35 bits per heavy atom. The number of fused-ring (bicyclic) bond motifs is 1. The highest BCUT2D eigenvalue weighted by Gasteiger charge is 2.54. The monoisotopic (exact) mass is 251 g/mol. The molecule has 4 heteroatoms. The molecule has 2 aliphatic carbocycles.